The summed E-state index contributed by atoms with van der Waals surface area (Å²) in [5, 5.41) is 3.67. The first kappa shape index (κ1) is 13.1. The van der Waals surface area contributed by atoms with E-state index < -0.39 is 5.82 Å². The van der Waals surface area contributed by atoms with Gasteiger partial charge in [0.15, 0.2) is 0 Å². The summed E-state index contributed by atoms with van der Waals surface area (Å²) < 4.78 is 13.0. The number of rotatable bonds is 4. The van der Waals surface area contributed by atoms with E-state index in [4.69, 9.17) is 23.2 Å². The Hall–Kier alpha value is -1.32. The van der Waals surface area contributed by atoms with Gasteiger partial charge >= 0.3 is 0 Å². The minimum atomic E-state index is -0.442. The van der Waals surface area contributed by atoms with E-state index in [1.165, 1.54) is 12.1 Å². The van der Waals surface area contributed by atoms with Crippen LogP contribution in [-0.4, -0.2) is 11.5 Å². The van der Waals surface area contributed by atoms with Crippen LogP contribution in [0.15, 0.2) is 36.7 Å². The Morgan fingerprint density at radius 2 is 1.94 bits per heavy atom. The van der Waals surface area contributed by atoms with Crippen LogP contribution in [0.2, 0.25) is 10.0 Å². The van der Waals surface area contributed by atoms with Crippen LogP contribution >= 0.6 is 23.2 Å². The number of benzene rings is 1. The van der Waals surface area contributed by atoms with E-state index in [2.05, 4.69) is 10.3 Å². The maximum Gasteiger partial charge on any atom is 0.126 e. The quantitative estimate of drug-likeness (QED) is 0.911. The van der Waals surface area contributed by atoms with Crippen LogP contribution in [0.1, 0.15) is 5.56 Å². The fourth-order valence-corrected chi connectivity index (χ4v) is 2.18. The summed E-state index contributed by atoms with van der Waals surface area (Å²) >= 11 is 11.8. The Labute approximate surface area is 115 Å². The van der Waals surface area contributed by atoms with Crippen LogP contribution in [0.25, 0.3) is 0 Å². The van der Waals surface area contributed by atoms with Gasteiger partial charge < -0.3 is 5.32 Å². The minimum Gasteiger partial charge on any atom is -0.382 e. The zero-order valence-electron chi connectivity index (χ0n) is 9.46. The van der Waals surface area contributed by atoms with Gasteiger partial charge in [0.05, 0.1) is 15.7 Å². The lowest BCUT2D eigenvalue weighted by Gasteiger charge is -2.10. The SMILES string of the molecule is Fc1cc(Cl)c(NCCc2cccnc2)c(Cl)c1. The molecule has 0 fully saturated rings. The maximum absolute atomic E-state index is 13.0. The summed E-state index contributed by atoms with van der Waals surface area (Å²) in [5.41, 5.74) is 1.67. The van der Waals surface area contributed by atoms with Crippen LogP contribution < -0.4 is 5.32 Å². The molecule has 2 rings (SSSR count). The molecule has 2 aromatic rings. The van der Waals surface area contributed by atoms with Crippen LogP contribution in [0, 0.1) is 5.82 Å². The normalized spacial score (nSPS) is 10.4. The van der Waals surface area contributed by atoms with Crippen molar-refractivity contribution in [3.8, 4) is 0 Å². The molecule has 0 amide bonds. The smallest absolute Gasteiger partial charge is 0.126 e. The molecule has 1 heterocycles. The molecule has 94 valence electrons. The van der Waals surface area contributed by atoms with E-state index in [-0.39, 0.29) is 10.0 Å². The molecule has 0 aliphatic carbocycles. The molecule has 1 aromatic carbocycles. The number of anilines is 1. The first-order valence-electron chi connectivity index (χ1n) is 5.44. The number of nitrogens with zero attached hydrogens (tertiary/aromatic N) is 1. The molecule has 0 radical (unpaired) electrons. The lowest BCUT2D eigenvalue weighted by molar-refractivity contribution is 0.628. The van der Waals surface area contributed by atoms with Gasteiger partial charge in [-0.1, -0.05) is 29.3 Å². The van der Waals surface area contributed by atoms with Crippen LogP contribution in [0.5, 0.6) is 0 Å². The summed E-state index contributed by atoms with van der Waals surface area (Å²) in [6.45, 7) is 0.650. The number of nitrogens with one attached hydrogen (secondary N) is 1. The zero-order chi connectivity index (χ0) is 13.0. The van der Waals surface area contributed by atoms with Gasteiger partial charge in [-0.3, -0.25) is 4.98 Å². The minimum absolute atomic E-state index is 0.284. The molecule has 0 aliphatic rings. The lowest BCUT2D eigenvalue weighted by Crippen LogP contribution is -2.06. The Morgan fingerprint density at radius 1 is 1.22 bits per heavy atom. The largest absolute Gasteiger partial charge is 0.382 e. The van der Waals surface area contributed by atoms with Gasteiger partial charge in [-0.25, -0.2) is 4.39 Å². The van der Waals surface area contributed by atoms with Crippen LogP contribution in [0.4, 0.5) is 10.1 Å². The second kappa shape index (κ2) is 6.03. The highest BCUT2D eigenvalue weighted by molar-refractivity contribution is 6.39. The van der Waals surface area contributed by atoms with Crippen LogP contribution in [-0.2, 0) is 6.42 Å². The van der Waals surface area contributed by atoms with Crippen molar-refractivity contribution in [2.45, 2.75) is 6.42 Å². The van der Waals surface area contributed by atoms with Gasteiger partial charge in [0.25, 0.3) is 0 Å². The third-order valence-corrected chi connectivity index (χ3v) is 3.04. The summed E-state index contributed by atoms with van der Waals surface area (Å²) in [6, 6.07) is 6.34. The Kier molecular flexibility index (Phi) is 4.39. The molecular formula is C13H11Cl2FN2. The molecule has 18 heavy (non-hydrogen) atoms. The third-order valence-electron chi connectivity index (χ3n) is 2.45. The van der Waals surface area contributed by atoms with Gasteiger partial charge in [0.1, 0.15) is 5.82 Å². The number of hydrogen-bond acceptors (Lipinski definition) is 2. The number of hydrogen-bond donors (Lipinski definition) is 1. The van der Waals surface area contributed by atoms with E-state index in [0.717, 1.165) is 12.0 Å². The number of aromatic nitrogens is 1. The summed E-state index contributed by atoms with van der Waals surface area (Å²) in [6.07, 6.45) is 4.32. The molecule has 0 saturated carbocycles. The van der Waals surface area contributed by atoms with Crippen molar-refractivity contribution in [1.82, 2.24) is 4.98 Å². The molecule has 0 saturated heterocycles. The van der Waals surface area contributed by atoms with Gasteiger partial charge in [-0.15, -0.1) is 0 Å². The van der Waals surface area contributed by atoms with E-state index in [9.17, 15) is 4.39 Å². The molecule has 0 atom stereocenters. The highest BCUT2D eigenvalue weighted by Crippen LogP contribution is 2.31. The van der Waals surface area contributed by atoms with E-state index in [1.807, 2.05) is 12.1 Å². The predicted octanol–water partition coefficient (Wildman–Crippen LogP) is 4.18. The van der Waals surface area contributed by atoms with E-state index in [0.29, 0.717) is 12.2 Å². The fraction of sp³-hybridized carbons (Fsp3) is 0.154. The number of halogens is 3. The molecular weight excluding hydrogens is 274 g/mol. The molecule has 1 aromatic heterocycles. The van der Waals surface area contributed by atoms with E-state index >= 15 is 0 Å². The highest BCUT2D eigenvalue weighted by Gasteiger charge is 2.07. The van der Waals surface area contributed by atoms with Gasteiger partial charge in [0, 0.05) is 18.9 Å². The number of pyridine rings is 1. The molecule has 0 spiro atoms. The maximum atomic E-state index is 13.0. The highest BCUT2D eigenvalue weighted by atomic mass is 35.5. The first-order chi connectivity index (χ1) is 8.66. The predicted molar refractivity (Wildman–Crippen MR) is 72.9 cm³/mol. The molecule has 5 heteroatoms. The lowest BCUT2D eigenvalue weighted by atomic mass is 10.2. The average molecular weight is 285 g/mol. The molecule has 2 nitrogen and oxygen atoms in total. The third kappa shape index (κ3) is 3.34. The van der Waals surface area contributed by atoms with Crippen LogP contribution in [0.3, 0.4) is 0 Å². The van der Waals surface area contributed by atoms with Crippen molar-refractivity contribution in [2.24, 2.45) is 0 Å². The molecule has 0 bridgehead atoms. The monoisotopic (exact) mass is 284 g/mol. The fourth-order valence-electron chi connectivity index (χ4n) is 1.59. The first-order valence-corrected chi connectivity index (χ1v) is 6.20. The summed E-state index contributed by atoms with van der Waals surface area (Å²) in [5.74, 6) is -0.442. The topological polar surface area (TPSA) is 24.9 Å². The molecule has 1 N–H and O–H groups in total. The standard InChI is InChI=1S/C13H11Cl2FN2/c14-11-6-10(16)7-12(15)13(11)18-5-3-9-2-1-4-17-8-9/h1-2,4,6-8,18H,3,5H2. The van der Waals surface area contributed by atoms with Gasteiger partial charge in [0.2, 0.25) is 0 Å². The second-order valence-electron chi connectivity index (χ2n) is 3.78. The second-order valence-corrected chi connectivity index (χ2v) is 4.60. The Bertz CT molecular complexity index is 509. The Balaban J connectivity index is 1.99. The van der Waals surface area contributed by atoms with Gasteiger partial charge in [-0.2, -0.15) is 0 Å². The summed E-state index contributed by atoms with van der Waals surface area (Å²) in [4.78, 5) is 4.03. The van der Waals surface area contributed by atoms with Crippen molar-refractivity contribution in [3.05, 3.63) is 58.1 Å². The van der Waals surface area contributed by atoms with Gasteiger partial charge in [-0.05, 0) is 30.2 Å². The molecule has 0 unspecified atom stereocenters. The molecule has 0 aliphatic heterocycles. The van der Waals surface area contributed by atoms with E-state index in [1.54, 1.807) is 12.4 Å². The van der Waals surface area contributed by atoms with Crippen molar-refractivity contribution in [2.75, 3.05) is 11.9 Å². The van der Waals surface area contributed by atoms with Crippen molar-refractivity contribution in [3.63, 3.8) is 0 Å². The van der Waals surface area contributed by atoms with Crippen molar-refractivity contribution >= 4 is 28.9 Å². The van der Waals surface area contributed by atoms with Crippen molar-refractivity contribution in [1.29, 1.82) is 0 Å². The average Bonchev–Trinajstić information content (AvgIpc) is 2.34. The van der Waals surface area contributed by atoms with Crippen molar-refractivity contribution < 1.29 is 4.39 Å². The zero-order valence-corrected chi connectivity index (χ0v) is 11.0. The Morgan fingerprint density at radius 3 is 2.56 bits per heavy atom. The summed E-state index contributed by atoms with van der Waals surface area (Å²) in [7, 11) is 0.